The van der Waals surface area contributed by atoms with Crippen molar-refractivity contribution < 1.29 is 28.1 Å². The van der Waals surface area contributed by atoms with E-state index in [1.165, 1.54) is 19.2 Å². The fourth-order valence-corrected chi connectivity index (χ4v) is 7.59. The monoisotopic (exact) mass is 713 g/mol. The Kier molecular flexibility index (Phi) is 9.62. The first-order valence-electron chi connectivity index (χ1n) is 17.0. The summed E-state index contributed by atoms with van der Waals surface area (Å²) in [6.07, 6.45) is 1.44. The van der Waals surface area contributed by atoms with Gasteiger partial charge in [-0.2, -0.15) is 10.2 Å². The van der Waals surface area contributed by atoms with Gasteiger partial charge in [-0.1, -0.05) is 17.7 Å². The molecular formula is C39H41ClFN5O5. The second-order valence-electron chi connectivity index (χ2n) is 13.1. The van der Waals surface area contributed by atoms with E-state index in [1.54, 1.807) is 13.2 Å². The van der Waals surface area contributed by atoms with Crippen molar-refractivity contribution in [1.82, 2.24) is 24.1 Å². The molecule has 3 aromatic carbocycles. The van der Waals surface area contributed by atoms with E-state index in [9.17, 15) is 9.18 Å². The maximum absolute atomic E-state index is 14.4. The van der Waals surface area contributed by atoms with Gasteiger partial charge in [0.05, 0.1) is 32.6 Å². The van der Waals surface area contributed by atoms with Gasteiger partial charge >= 0.3 is 5.97 Å². The Balaban J connectivity index is 1.40. The van der Waals surface area contributed by atoms with Gasteiger partial charge in [0.1, 0.15) is 29.1 Å². The Bertz CT molecular complexity index is 2290. The maximum Gasteiger partial charge on any atom is 0.354 e. The molecule has 6 aromatic rings. The van der Waals surface area contributed by atoms with Crippen LogP contribution in [-0.4, -0.2) is 57.5 Å². The smallest absolute Gasteiger partial charge is 0.354 e. The van der Waals surface area contributed by atoms with E-state index < -0.39 is 12.1 Å². The van der Waals surface area contributed by atoms with Crippen LogP contribution in [0.15, 0.2) is 48.5 Å². The summed E-state index contributed by atoms with van der Waals surface area (Å²) in [5.74, 6) is -0.0595. The number of nitrogens with zero attached hydrogens (tertiary/aromatic N) is 5. The number of esters is 1. The van der Waals surface area contributed by atoms with Crippen LogP contribution < -0.4 is 4.74 Å². The third kappa shape index (κ3) is 6.39. The summed E-state index contributed by atoms with van der Waals surface area (Å²) in [5.41, 5.74) is 8.01. The Hall–Kier alpha value is -4.71. The van der Waals surface area contributed by atoms with Gasteiger partial charge in [-0.05, 0) is 92.1 Å². The standard InChI is InChI=1S/C39H41ClFN5O5/c1-22-34-31-13-12-30(40)36(34)35-23(2)44(3)43-37(35)33(21-48-5)51-20-27-19-28(45(4)42-27)10-8-24-16-25-18-26(41)9-11-29(25)32(17-24)50-15-7-14-46(31)38(22)39(47)49-6/h9,11-13,16-19,33H,7-8,10,14-15,20-21H2,1-6H3. The minimum atomic E-state index is -0.549. The van der Waals surface area contributed by atoms with Crippen molar-refractivity contribution in [3.8, 4) is 16.9 Å². The van der Waals surface area contributed by atoms with Crippen molar-refractivity contribution in [2.24, 2.45) is 14.1 Å². The normalized spacial score (nSPS) is 15.5. The van der Waals surface area contributed by atoms with Crippen molar-refractivity contribution in [2.75, 3.05) is 27.4 Å². The molecule has 0 radical (unpaired) electrons. The average molecular weight is 714 g/mol. The first-order chi connectivity index (χ1) is 24.6. The summed E-state index contributed by atoms with van der Waals surface area (Å²) in [4.78, 5) is 13.4. The number of fused-ring (bicyclic) bond motifs is 8. The number of aryl methyl sites for hydroxylation is 6. The predicted octanol–water partition coefficient (Wildman–Crippen LogP) is 7.60. The Morgan fingerprint density at radius 2 is 1.84 bits per heavy atom. The Morgan fingerprint density at radius 1 is 1.02 bits per heavy atom. The van der Waals surface area contributed by atoms with E-state index in [0.29, 0.717) is 54.6 Å². The third-order valence-corrected chi connectivity index (χ3v) is 10.2. The molecule has 0 fully saturated rings. The quantitative estimate of drug-likeness (QED) is 0.175. The lowest BCUT2D eigenvalue weighted by Crippen LogP contribution is -2.13. The molecule has 0 spiro atoms. The van der Waals surface area contributed by atoms with Crippen LogP contribution in [0.2, 0.25) is 5.02 Å². The molecule has 0 saturated carbocycles. The minimum Gasteiger partial charge on any atom is -0.493 e. The molecule has 0 amide bonds. The number of halogens is 2. The predicted molar refractivity (Wildman–Crippen MR) is 194 cm³/mol. The van der Waals surface area contributed by atoms with E-state index in [-0.39, 0.29) is 19.0 Å². The molecule has 3 aromatic heterocycles. The zero-order chi connectivity index (χ0) is 36.0. The van der Waals surface area contributed by atoms with E-state index in [2.05, 4.69) is 0 Å². The molecule has 10 nitrogen and oxygen atoms in total. The highest BCUT2D eigenvalue weighted by Crippen LogP contribution is 2.44. The van der Waals surface area contributed by atoms with Crippen molar-refractivity contribution >= 4 is 39.2 Å². The number of rotatable bonds is 3. The van der Waals surface area contributed by atoms with E-state index >= 15 is 0 Å². The maximum atomic E-state index is 14.4. The molecule has 4 heterocycles. The lowest BCUT2D eigenvalue weighted by Gasteiger charge is -2.18. The third-order valence-electron chi connectivity index (χ3n) is 9.89. The summed E-state index contributed by atoms with van der Waals surface area (Å²) in [6, 6.07) is 14.6. The highest BCUT2D eigenvalue weighted by atomic mass is 35.5. The summed E-state index contributed by atoms with van der Waals surface area (Å²) >= 11 is 7.10. The Morgan fingerprint density at radius 3 is 2.63 bits per heavy atom. The van der Waals surface area contributed by atoms with Crippen LogP contribution in [0.1, 0.15) is 56.9 Å². The van der Waals surface area contributed by atoms with Crippen molar-refractivity contribution in [1.29, 1.82) is 0 Å². The van der Waals surface area contributed by atoms with Gasteiger partial charge in [0.15, 0.2) is 0 Å². The van der Waals surface area contributed by atoms with E-state index in [0.717, 1.165) is 61.0 Å². The van der Waals surface area contributed by atoms with Crippen LogP contribution in [0.25, 0.3) is 32.8 Å². The lowest BCUT2D eigenvalue weighted by atomic mass is 9.95. The topological polar surface area (TPSA) is 94.6 Å². The molecule has 266 valence electrons. The second-order valence-corrected chi connectivity index (χ2v) is 13.5. The molecule has 0 aliphatic carbocycles. The number of hydrogen-bond donors (Lipinski definition) is 0. The van der Waals surface area contributed by atoms with Gasteiger partial charge in [-0.3, -0.25) is 9.36 Å². The van der Waals surface area contributed by atoms with E-state index in [4.69, 9.17) is 40.7 Å². The largest absolute Gasteiger partial charge is 0.493 e. The summed E-state index contributed by atoms with van der Waals surface area (Å²) in [7, 11) is 6.84. The highest BCUT2D eigenvalue weighted by molar-refractivity contribution is 6.35. The number of carbonyl (C=O) groups excluding carboxylic acids is 1. The van der Waals surface area contributed by atoms with Gasteiger partial charge < -0.3 is 23.5 Å². The molecule has 1 aliphatic heterocycles. The van der Waals surface area contributed by atoms with Crippen LogP contribution in [0, 0.1) is 19.7 Å². The molecule has 12 heteroatoms. The SMILES string of the molecule is COCC1OCc2cc(n(C)n2)CCc2cc(c3ccc(F)cc3c2)OCCCn2c(C(=O)OC)c(C)c3c(c(Cl)ccc32)-c2c1nn(C)c2C. The molecule has 0 saturated heterocycles. The van der Waals surface area contributed by atoms with Gasteiger partial charge in [0.25, 0.3) is 0 Å². The first-order valence-corrected chi connectivity index (χ1v) is 17.4. The average Bonchev–Trinajstić information content (AvgIpc) is 3.72. The minimum absolute atomic E-state index is 0.226. The zero-order valence-electron chi connectivity index (χ0n) is 29.7. The summed E-state index contributed by atoms with van der Waals surface area (Å²) in [6.45, 7) is 5.22. The number of benzene rings is 3. The molecular weight excluding hydrogens is 673 g/mol. The van der Waals surface area contributed by atoms with E-state index in [1.807, 2.05) is 72.2 Å². The molecule has 7 rings (SSSR count). The number of carbonyl (C=O) groups is 1. The summed E-state index contributed by atoms with van der Waals surface area (Å²) < 4.78 is 44.0. The number of methoxy groups -OCH3 is 2. The van der Waals surface area contributed by atoms with Gasteiger partial charge in [0.2, 0.25) is 0 Å². The number of aromatic nitrogens is 5. The fourth-order valence-electron chi connectivity index (χ4n) is 7.34. The molecule has 0 N–H and O–H groups in total. The highest BCUT2D eigenvalue weighted by Gasteiger charge is 2.30. The van der Waals surface area contributed by atoms with Gasteiger partial charge in [-0.25, -0.2) is 9.18 Å². The number of hydrogen-bond acceptors (Lipinski definition) is 7. The second kappa shape index (κ2) is 14.1. The van der Waals surface area contributed by atoms with Crippen LogP contribution >= 0.6 is 11.6 Å². The fraction of sp³-hybridized carbons (Fsp3) is 0.359. The van der Waals surface area contributed by atoms with Crippen LogP contribution in [-0.2, 0) is 54.3 Å². The van der Waals surface area contributed by atoms with Crippen LogP contribution in [0.5, 0.6) is 5.75 Å². The molecule has 1 unspecified atom stereocenters. The van der Waals surface area contributed by atoms with Gasteiger partial charge in [0, 0.05) is 71.6 Å². The Labute approximate surface area is 300 Å². The van der Waals surface area contributed by atoms with Crippen molar-refractivity contribution in [3.05, 3.63) is 99.0 Å². The van der Waals surface area contributed by atoms with Gasteiger partial charge in [-0.15, -0.1) is 0 Å². The lowest BCUT2D eigenvalue weighted by molar-refractivity contribution is -0.0164. The van der Waals surface area contributed by atoms with Crippen LogP contribution in [0.3, 0.4) is 0 Å². The van der Waals surface area contributed by atoms with Crippen LogP contribution in [0.4, 0.5) is 4.39 Å². The number of ether oxygens (including phenoxy) is 4. The van der Waals surface area contributed by atoms with Crippen molar-refractivity contribution in [3.63, 3.8) is 0 Å². The first kappa shape index (κ1) is 34.7. The zero-order valence-corrected chi connectivity index (χ0v) is 30.4. The molecule has 1 atom stereocenters. The summed E-state index contributed by atoms with van der Waals surface area (Å²) in [5, 5.41) is 12.7. The van der Waals surface area contributed by atoms with Crippen molar-refractivity contribution in [2.45, 2.75) is 52.4 Å². The molecule has 51 heavy (non-hydrogen) atoms. The molecule has 1 aliphatic rings. The molecule has 8 bridgehead atoms.